The van der Waals surface area contributed by atoms with Gasteiger partial charge in [0.2, 0.25) is 5.91 Å². The Kier molecular flexibility index (Phi) is 4.07. The summed E-state index contributed by atoms with van der Waals surface area (Å²) in [5.41, 5.74) is 0.410. The topological polar surface area (TPSA) is 67.9 Å². The van der Waals surface area contributed by atoms with E-state index in [-0.39, 0.29) is 5.91 Å². The molecule has 0 spiro atoms. The minimum atomic E-state index is -1.03. The van der Waals surface area contributed by atoms with Gasteiger partial charge < -0.3 is 4.90 Å². The van der Waals surface area contributed by atoms with Crippen molar-refractivity contribution in [2.45, 2.75) is 20.4 Å². The Morgan fingerprint density at radius 1 is 1.39 bits per heavy atom. The average molecular weight is 241 g/mol. The molecule has 92 valence electrons. The van der Waals surface area contributed by atoms with E-state index in [0.29, 0.717) is 12.1 Å². The van der Waals surface area contributed by atoms with Crippen LogP contribution in [0.5, 0.6) is 0 Å². The van der Waals surface area contributed by atoms with E-state index in [1.807, 2.05) is 12.1 Å². The lowest BCUT2D eigenvalue weighted by Crippen LogP contribution is -2.37. The van der Waals surface area contributed by atoms with E-state index in [1.165, 1.54) is 4.90 Å². The van der Waals surface area contributed by atoms with E-state index in [2.05, 4.69) is 6.07 Å². The third-order valence-electron chi connectivity index (χ3n) is 2.64. The Hall–Kier alpha value is -2.33. The summed E-state index contributed by atoms with van der Waals surface area (Å²) in [5.74, 6) is -0.229. The highest BCUT2D eigenvalue weighted by atomic mass is 16.2. The van der Waals surface area contributed by atoms with Crippen LogP contribution in [0.25, 0.3) is 0 Å². The van der Waals surface area contributed by atoms with Gasteiger partial charge in [0.15, 0.2) is 0 Å². The van der Waals surface area contributed by atoms with Gasteiger partial charge in [0.1, 0.15) is 5.41 Å². The van der Waals surface area contributed by atoms with Gasteiger partial charge in [-0.05, 0) is 31.5 Å². The Balaban J connectivity index is 2.83. The number of nitriles is 2. The van der Waals surface area contributed by atoms with Crippen LogP contribution in [-0.4, -0.2) is 17.9 Å². The lowest BCUT2D eigenvalue weighted by Gasteiger charge is -2.24. The number of benzene rings is 1. The van der Waals surface area contributed by atoms with Crippen molar-refractivity contribution in [1.82, 2.24) is 4.90 Å². The SMILES string of the molecule is CN(Cc1cccc(C#N)c1)C(=O)C(C)(C)C#N. The van der Waals surface area contributed by atoms with Gasteiger partial charge >= 0.3 is 0 Å². The Morgan fingerprint density at radius 2 is 2.06 bits per heavy atom. The van der Waals surface area contributed by atoms with Crippen LogP contribution in [0.2, 0.25) is 0 Å². The molecule has 4 nitrogen and oxygen atoms in total. The molecule has 1 aromatic carbocycles. The highest BCUT2D eigenvalue weighted by Crippen LogP contribution is 2.18. The molecule has 0 aromatic heterocycles. The monoisotopic (exact) mass is 241 g/mol. The van der Waals surface area contributed by atoms with Gasteiger partial charge in [-0.3, -0.25) is 4.79 Å². The largest absolute Gasteiger partial charge is 0.340 e. The molecule has 0 aliphatic carbocycles. The average Bonchev–Trinajstić information content (AvgIpc) is 2.37. The summed E-state index contributed by atoms with van der Waals surface area (Å²) < 4.78 is 0. The number of carbonyl (C=O) groups is 1. The summed E-state index contributed by atoms with van der Waals surface area (Å²) in [6.45, 7) is 3.58. The number of hydrogen-bond donors (Lipinski definition) is 0. The van der Waals surface area contributed by atoms with Crippen LogP contribution < -0.4 is 0 Å². The van der Waals surface area contributed by atoms with Crippen LogP contribution in [-0.2, 0) is 11.3 Å². The number of hydrogen-bond acceptors (Lipinski definition) is 3. The first-order valence-corrected chi connectivity index (χ1v) is 5.56. The second-order valence-corrected chi connectivity index (χ2v) is 4.71. The summed E-state index contributed by atoms with van der Waals surface area (Å²) in [5, 5.41) is 17.7. The maximum Gasteiger partial charge on any atom is 0.242 e. The van der Waals surface area contributed by atoms with Crippen molar-refractivity contribution in [2.24, 2.45) is 5.41 Å². The molecule has 0 saturated carbocycles. The van der Waals surface area contributed by atoms with Crippen molar-refractivity contribution in [3.8, 4) is 12.1 Å². The second kappa shape index (κ2) is 5.33. The van der Waals surface area contributed by atoms with Gasteiger partial charge in [0.05, 0.1) is 17.7 Å². The standard InChI is InChI=1S/C14H15N3O/c1-14(2,10-16)13(18)17(3)9-12-6-4-5-11(7-12)8-15/h4-7H,9H2,1-3H3. The van der Waals surface area contributed by atoms with Crippen LogP contribution >= 0.6 is 0 Å². The molecule has 4 heteroatoms. The molecule has 0 fully saturated rings. The van der Waals surface area contributed by atoms with Gasteiger partial charge in [0, 0.05) is 13.6 Å². The molecule has 0 heterocycles. The molecule has 0 aliphatic heterocycles. The van der Waals surface area contributed by atoms with Crippen molar-refractivity contribution < 1.29 is 4.79 Å². The zero-order valence-electron chi connectivity index (χ0n) is 10.8. The second-order valence-electron chi connectivity index (χ2n) is 4.71. The van der Waals surface area contributed by atoms with Gasteiger partial charge in [0.25, 0.3) is 0 Å². The third kappa shape index (κ3) is 3.09. The van der Waals surface area contributed by atoms with Crippen LogP contribution in [0.3, 0.4) is 0 Å². The smallest absolute Gasteiger partial charge is 0.242 e. The van der Waals surface area contributed by atoms with Crippen molar-refractivity contribution in [3.05, 3.63) is 35.4 Å². The van der Waals surface area contributed by atoms with E-state index in [1.54, 1.807) is 39.1 Å². The number of carbonyl (C=O) groups excluding carboxylic acids is 1. The van der Waals surface area contributed by atoms with Gasteiger partial charge in [-0.25, -0.2) is 0 Å². The highest BCUT2D eigenvalue weighted by Gasteiger charge is 2.30. The minimum Gasteiger partial charge on any atom is -0.340 e. The Morgan fingerprint density at radius 3 is 2.61 bits per heavy atom. The van der Waals surface area contributed by atoms with Crippen LogP contribution in [0.15, 0.2) is 24.3 Å². The zero-order chi connectivity index (χ0) is 13.8. The van der Waals surface area contributed by atoms with E-state index in [0.717, 1.165) is 5.56 Å². The maximum atomic E-state index is 12.0. The molecule has 1 amide bonds. The predicted molar refractivity (Wildman–Crippen MR) is 67.0 cm³/mol. The van der Waals surface area contributed by atoms with E-state index in [4.69, 9.17) is 10.5 Å². The Bertz CT molecular complexity index is 535. The van der Waals surface area contributed by atoms with E-state index in [9.17, 15) is 4.79 Å². The Labute approximate surface area is 107 Å². The zero-order valence-corrected chi connectivity index (χ0v) is 10.8. The molecule has 0 bridgehead atoms. The molecular formula is C14H15N3O. The first kappa shape index (κ1) is 13.7. The highest BCUT2D eigenvalue weighted by molar-refractivity contribution is 5.84. The fraction of sp³-hybridized carbons (Fsp3) is 0.357. The van der Waals surface area contributed by atoms with E-state index >= 15 is 0 Å². The predicted octanol–water partition coefficient (Wildman–Crippen LogP) is 2.07. The van der Waals surface area contributed by atoms with Crippen molar-refractivity contribution in [1.29, 1.82) is 10.5 Å². The molecule has 0 radical (unpaired) electrons. The molecular weight excluding hydrogens is 226 g/mol. The van der Waals surface area contributed by atoms with Crippen molar-refractivity contribution in [3.63, 3.8) is 0 Å². The molecule has 0 saturated heterocycles. The summed E-state index contributed by atoms with van der Waals surface area (Å²) >= 11 is 0. The van der Waals surface area contributed by atoms with Crippen LogP contribution in [0, 0.1) is 28.1 Å². The number of amides is 1. The quantitative estimate of drug-likeness (QED) is 0.813. The van der Waals surface area contributed by atoms with Crippen molar-refractivity contribution in [2.75, 3.05) is 7.05 Å². The first-order chi connectivity index (χ1) is 8.40. The van der Waals surface area contributed by atoms with Gasteiger partial charge in [-0.1, -0.05) is 12.1 Å². The lowest BCUT2D eigenvalue weighted by atomic mass is 9.94. The summed E-state index contributed by atoms with van der Waals surface area (Å²) in [6, 6.07) is 11.1. The van der Waals surface area contributed by atoms with Crippen LogP contribution in [0.1, 0.15) is 25.0 Å². The molecule has 0 aliphatic rings. The summed E-state index contributed by atoms with van der Waals surface area (Å²) in [7, 11) is 1.65. The molecule has 18 heavy (non-hydrogen) atoms. The summed E-state index contributed by atoms with van der Waals surface area (Å²) in [4.78, 5) is 13.5. The third-order valence-corrected chi connectivity index (χ3v) is 2.64. The molecule has 0 unspecified atom stereocenters. The normalized spacial score (nSPS) is 10.3. The fourth-order valence-corrected chi connectivity index (χ4v) is 1.61. The molecule has 0 N–H and O–H groups in total. The summed E-state index contributed by atoms with van der Waals surface area (Å²) in [6.07, 6.45) is 0. The van der Waals surface area contributed by atoms with Gasteiger partial charge in [-0.15, -0.1) is 0 Å². The first-order valence-electron chi connectivity index (χ1n) is 5.56. The number of rotatable bonds is 3. The maximum absolute atomic E-state index is 12.0. The lowest BCUT2D eigenvalue weighted by molar-refractivity contribution is -0.136. The minimum absolute atomic E-state index is 0.229. The fourth-order valence-electron chi connectivity index (χ4n) is 1.61. The number of nitrogens with zero attached hydrogens (tertiary/aromatic N) is 3. The molecule has 0 atom stereocenters. The van der Waals surface area contributed by atoms with E-state index < -0.39 is 5.41 Å². The van der Waals surface area contributed by atoms with Crippen molar-refractivity contribution >= 4 is 5.91 Å². The molecule has 1 rings (SSSR count). The van der Waals surface area contributed by atoms with Crippen LogP contribution in [0.4, 0.5) is 0 Å². The molecule has 1 aromatic rings. The van der Waals surface area contributed by atoms with Gasteiger partial charge in [-0.2, -0.15) is 10.5 Å².